The molecule has 0 aromatic heterocycles. The standard InChI is InChI=1S/C10H12NO4/c1-4-7-5-9(14-2)10(15-3)6-8(7)11(12)13/h5-6H,1,4H2,2-3H3. The molecular formula is C10H12NO4. The summed E-state index contributed by atoms with van der Waals surface area (Å²) in [7, 11) is 2.92. The van der Waals surface area contributed by atoms with Crippen molar-refractivity contribution in [2.24, 2.45) is 0 Å². The molecule has 1 radical (unpaired) electrons. The van der Waals surface area contributed by atoms with Gasteiger partial charge in [-0.25, -0.2) is 0 Å². The Labute approximate surface area is 87.8 Å². The van der Waals surface area contributed by atoms with Crippen LogP contribution in [0.5, 0.6) is 11.5 Å². The highest BCUT2D eigenvalue weighted by Gasteiger charge is 2.17. The van der Waals surface area contributed by atoms with E-state index in [0.29, 0.717) is 23.5 Å². The Hall–Kier alpha value is -1.78. The smallest absolute Gasteiger partial charge is 0.276 e. The number of hydrogen-bond donors (Lipinski definition) is 0. The Morgan fingerprint density at radius 2 is 1.87 bits per heavy atom. The number of nitro benzene ring substituents is 1. The van der Waals surface area contributed by atoms with E-state index in [1.54, 1.807) is 6.07 Å². The molecule has 0 aliphatic rings. The van der Waals surface area contributed by atoms with Gasteiger partial charge in [0.05, 0.1) is 25.2 Å². The average molecular weight is 210 g/mol. The van der Waals surface area contributed by atoms with E-state index < -0.39 is 4.92 Å². The van der Waals surface area contributed by atoms with Gasteiger partial charge >= 0.3 is 0 Å². The van der Waals surface area contributed by atoms with Crippen molar-refractivity contribution in [1.82, 2.24) is 0 Å². The van der Waals surface area contributed by atoms with E-state index >= 15 is 0 Å². The van der Waals surface area contributed by atoms with Crippen LogP contribution in [-0.2, 0) is 6.42 Å². The molecule has 0 saturated heterocycles. The van der Waals surface area contributed by atoms with Gasteiger partial charge in [-0.15, -0.1) is 0 Å². The Morgan fingerprint density at radius 1 is 1.33 bits per heavy atom. The number of benzene rings is 1. The van der Waals surface area contributed by atoms with Crippen molar-refractivity contribution in [1.29, 1.82) is 0 Å². The van der Waals surface area contributed by atoms with Crippen molar-refractivity contribution >= 4 is 5.69 Å². The predicted molar refractivity (Wildman–Crippen MR) is 55.3 cm³/mol. The normalized spacial score (nSPS) is 9.80. The zero-order chi connectivity index (χ0) is 11.4. The topological polar surface area (TPSA) is 61.6 Å². The van der Waals surface area contributed by atoms with Gasteiger partial charge in [-0.1, -0.05) is 0 Å². The molecule has 0 saturated carbocycles. The Kier molecular flexibility index (Phi) is 3.49. The van der Waals surface area contributed by atoms with Crippen LogP contribution in [0.3, 0.4) is 0 Å². The monoisotopic (exact) mass is 210 g/mol. The molecule has 0 heterocycles. The molecule has 0 unspecified atom stereocenters. The van der Waals surface area contributed by atoms with Crippen LogP contribution in [0.2, 0.25) is 0 Å². The summed E-state index contributed by atoms with van der Waals surface area (Å²) in [4.78, 5) is 10.3. The number of hydrogen-bond acceptors (Lipinski definition) is 4. The van der Waals surface area contributed by atoms with Crippen molar-refractivity contribution in [3.63, 3.8) is 0 Å². The zero-order valence-electron chi connectivity index (χ0n) is 8.65. The lowest BCUT2D eigenvalue weighted by Gasteiger charge is -2.09. The van der Waals surface area contributed by atoms with Gasteiger partial charge in [-0.3, -0.25) is 10.1 Å². The summed E-state index contributed by atoms with van der Waals surface area (Å²) in [5.74, 6) is 0.822. The number of nitro groups is 1. The second-order valence-corrected chi connectivity index (χ2v) is 2.84. The van der Waals surface area contributed by atoms with Gasteiger partial charge in [0.15, 0.2) is 11.5 Å². The second-order valence-electron chi connectivity index (χ2n) is 2.84. The lowest BCUT2D eigenvalue weighted by Crippen LogP contribution is -1.98. The molecule has 0 aliphatic heterocycles. The third-order valence-corrected chi connectivity index (χ3v) is 2.05. The molecule has 5 nitrogen and oxygen atoms in total. The molecule has 1 rings (SSSR count). The first-order valence-electron chi connectivity index (χ1n) is 4.32. The molecule has 0 spiro atoms. The zero-order valence-corrected chi connectivity index (χ0v) is 8.65. The van der Waals surface area contributed by atoms with Crippen LogP contribution >= 0.6 is 0 Å². The van der Waals surface area contributed by atoms with Crippen molar-refractivity contribution in [2.75, 3.05) is 14.2 Å². The maximum absolute atomic E-state index is 10.7. The number of methoxy groups -OCH3 is 2. The molecule has 0 fully saturated rings. The van der Waals surface area contributed by atoms with E-state index in [4.69, 9.17) is 9.47 Å². The van der Waals surface area contributed by atoms with Crippen LogP contribution in [0.15, 0.2) is 12.1 Å². The third-order valence-electron chi connectivity index (χ3n) is 2.05. The summed E-state index contributed by atoms with van der Waals surface area (Å²) in [5.41, 5.74) is 0.528. The molecule has 1 aromatic carbocycles. The second kappa shape index (κ2) is 4.63. The molecular weight excluding hydrogens is 198 g/mol. The van der Waals surface area contributed by atoms with Crippen molar-refractivity contribution in [3.05, 3.63) is 34.7 Å². The highest BCUT2D eigenvalue weighted by molar-refractivity contribution is 5.54. The maximum atomic E-state index is 10.7. The number of rotatable bonds is 4. The fourth-order valence-corrected chi connectivity index (χ4v) is 1.28. The first-order chi connectivity index (χ1) is 7.13. The largest absolute Gasteiger partial charge is 0.493 e. The Bertz CT molecular complexity index is 376. The highest BCUT2D eigenvalue weighted by atomic mass is 16.6. The number of ether oxygens (including phenoxy) is 2. The first kappa shape index (κ1) is 11.3. The average Bonchev–Trinajstić information content (AvgIpc) is 2.26. The van der Waals surface area contributed by atoms with E-state index in [9.17, 15) is 10.1 Å². The van der Waals surface area contributed by atoms with Crippen LogP contribution in [0.4, 0.5) is 5.69 Å². The van der Waals surface area contributed by atoms with E-state index in [1.807, 2.05) is 0 Å². The molecule has 15 heavy (non-hydrogen) atoms. The molecule has 5 heteroatoms. The van der Waals surface area contributed by atoms with Gasteiger partial charge in [0.25, 0.3) is 5.69 Å². The van der Waals surface area contributed by atoms with Crippen molar-refractivity contribution < 1.29 is 14.4 Å². The van der Waals surface area contributed by atoms with Gasteiger partial charge < -0.3 is 9.47 Å². The van der Waals surface area contributed by atoms with Crippen LogP contribution in [0.25, 0.3) is 0 Å². The van der Waals surface area contributed by atoms with E-state index in [2.05, 4.69) is 6.92 Å². The summed E-state index contributed by atoms with van der Waals surface area (Å²) in [6, 6.07) is 2.92. The maximum Gasteiger partial charge on any atom is 0.276 e. The minimum absolute atomic E-state index is 0.00245. The first-order valence-corrected chi connectivity index (χ1v) is 4.32. The van der Waals surface area contributed by atoms with Crippen LogP contribution < -0.4 is 9.47 Å². The fourth-order valence-electron chi connectivity index (χ4n) is 1.28. The third kappa shape index (κ3) is 2.18. The summed E-state index contributed by atoms with van der Waals surface area (Å²) >= 11 is 0. The molecule has 0 aliphatic carbocycles. The summed E-state index contributed by atoms with van der Waals surface area (Å²) in [5, 5.41) is 10.7. The highest BCUT2D eigenvalue weighted by Crippen LogP contribution is 2.34. The molecule has 0 bridgehead atoms. The predicted octanol–water partition coefficient (Wildman–Crippen LogP) is 1.99. The number of nitrogens with zero attached hydrogens (tertiary/aromatic N) is 1. The minimum Gasteiger partial charge on any atom is -0.493 e. The quantitative estimate of drug-likeness (QED) is 0.563. The SMILES string of the molecule is [CH2]Cc1cc(OC)c(OC)cc1[N+](=O)[O-]. The van der Waals surface area contributed by atoms with Gasteiger partial charge in [-0.2, -0.15) is 0 Å². The van der Waals surface area contributed by atoms with E-state index in [1.165, 1.54) is 20.3 Å². The molecule has 0 N–H and O–H groups in total. The fraction of sp³-hybridized carbons (Fsp3) is 0.300. The molecule has 81 valence electrons. The molecule has 0 atom stereocenters. The van der Waals surface area contributed by atoms with Gasteiger partial charge in [0, 0.05) is 5.56 Å². The molecule has 0 amide bonds. The lowest BCUT2D eigenvalue weighted by atomic mass is 10.1. The van der Waals surface area contributed by atoms with Crippen LogP contribution in [0.1, 0.15) is 5.56 Å². The van der Waals surface area contributed by atoms with Gasteiger partial charge in [0.2, 0.25) is 0 Å². The molecule has 1 aromatic rings. The summed E-state index contributed by atoms with van der Waals surface area (Å²) in [6.45, 7) is 3.63. The van der Waals surface area contributed by atoms with Gasteiger partial charge in [0.1, 0.15) is 0 Å². The summed E-state index contributed by atoms with van der Waals surface area (Å²) in [6.07, 6.45) is 0.330. The van der Waals surface area contributed by atoms with Crippen LogP contribution in [-0.4, -0.2) is 19.1 Å². The van der Waals surface area contributed by atoms with E-state index in [0.717, 1.165) is 0 Å². The van der Waals surface area contributed by atoms with Crippen LogP contribution in [0, 0.1) is 17.0 Å². The Balaban J connectivity index is 3.34. The minimum atomic E-state index is -0.456. The van der Waals surface area contributed by atoms with E-state index in [-0.39, 0.29) is 5.69 Å². The van der Waals surface area contributed by atoms with Gasteiger partial charge in [-0.05, 0) is 19.4 Å². The summed E-state index contributed by atoms with van der Waals surface area (Å²) < 4.78 is 10.0. The van der Waals surface area contributed by atoms with Crippen molar-refractivity contribution in [2.45, 2.75) is 6.42 Å². The lowest BCUT2D eigenvalue weighted by molar-refractivity contribution is -0.385. The Morgan fingerprint density at radius 3 is 2.27 bits per heavy atom. The van der Waals surface area contributed by atoms with Crippen molar-refractivity contribution in [3.8, 4) is 11.5 Å².